The molecule has 2 N–H and O–H groups in total. The van der Waals surface area contributed by atoms with Crippen molar-refractivity contribution in [3.05, 3.63) is 59.7 Å². The zero-order valence-electron chi connectivity index (χ0n) is 21.4. The van der Waals surface area contributed by atoms with E-state index in [9.17, 15) is 10.2 Å². The third kappa shape index (κ3) is 10.0. The number of hydrogen-bond donors (Lipinski definition) is 2. The Hall–Kier alpha value is -1.61. The monoisotopic (exact) mass is 446 g/mol. The summed E-state index contributed by atoms with van der Waals surface area (Å²) >= 11 is 0. The van der Waals surface area contributed by atoms with Gasteiger partial charge in [0.05, 0.1) is 0 Å². The zero-order valence-corrected chi connectivity index (χ0v) is 22.4. The molecule has 0 aliphatic rings. The Morgan fingerprint density at radius 3 is 1.00 bits per heavy atom. The van der Waals surface area contributed by atoms with Crippen molar-refractivity contribution < 1.29 is 10.2 Å². The lowest BCUT2D eigenvalue weighted by Gasteiger charge is -2.33. The average molecular weight is 447 g/mol. The molecule has 31 heavy (non-hydrogen) atoms. The van der Waals surface area contributed by atoms with Crippen molar-refractivity contribution in [2.75, 3.05) is 0 Å². The summed E-state index contributed by atoms with van der Waals surface area (Å²) in [6, 6.07) is 15.3. The Labute approximate surface area is 198 Å². The quantitative estimate of drug-likeness (QED) is 0.495. The van der Waals surface area contributed by atoms with Crippen LogP contribution >= 0.6 is 13.5 Å². The van der Waals surface area contributed by atoms with Crippen molar-refractivity contribution in [1.29, 1.82) is 0 Å². The SMILES string of the molecule is CC(C)(C)CC(C)(C)c1ccccc1O.CC(C)(C)CC(C)(C)c1ccccc1O.S. The van der Waals surface area contributed by atoms with E-state index in [1.165, 1.54) is 0 Å². The van der Waals surface area contributed by atoms with E-state index in [-0.39, 0.29) is 35.2 Å². The summed E-state index contributed by atoms with van der Waals surface area (Å²) in [6.45, 7) is 22.1. The van der Waals surface area contributed by atoms with E-state index in [0.29, 0.717) is 11.5 Å². The van der Waals surface area contributed by atoms with Gasteiger partial charge in [0.2, 0.25) is 0 Å². The third-order valence-electron chi connectivity index (χ3n) is 5.21. The van der Waals surface area contributed by atoms with Crippen LogP contribution in [0.25, 0.3) is 0 Å². The molecule has 0 unspecified atom stereocenters. The van der Waals surface area contributed by atoms with Crippen molar-refractivity contribution in [1.82, 2.24) is 0 Å². The molecule has 0 atom stereocenters. The Morgan fingerprint density at radius 2 is 0.774 bits per heavy atom. The molecule has 2 aromatic carbocycles. The molecule has 2 rings (SSSR count). The second-order valence-corrected chi connectivity index (χ2v) is 12.3. The summed E-state index contributed by atoms with van der Waals surface area (Å²) in [6.07, 6.45) is 2.11. The minimum absolute atomic E-state index is 0. The smallest absolute Gasteiger partial charge is 0.119 e. The van der Waals surface area contributed by atoms with Crippen LogP contribution in [-0.2, 0) is 10.8 Å². The summed E-state index contributed by atoms with van der Waals surface area (Å²) in [5.41, 5.74) is 2.66. The van der Waals surface area contributed by atoms with E-state index in [4.69, 9.17) is 0 Å². The number of hydrogen-bond acceptors (Lipinski definition) is 2. The highest BCUT2D eigenvalue weighted by atomic mass is 32.1. The molecule has 0 fully saturated rings. The molecular formula is C28H46O2S. The molecule has 0 amide bonds. The maximum atomic E-state index is 9.84. The summed E-state index contributed by atoms with van der Waals surface area (Å²) in [7, 11) is 0. The average Bonchev–Trinajstić information content (AvgIpc) is 2.51. The molecule has 0 aliphatic heterocycles. The predicted octanol–water partition coefficient (Wildman–Crippen LogP) is 8.32. The minimum Gasteiger partial charge on any atom is -0.508 e. The fraction of sp³-hybridized carbons (Fsp3) is 0.571. The first-order valence-corrected chi connectivity index (χ1v) is 11.0. The number of benzene rings is 2. The van der Waals surface area contributed by atoms with Crippen molar-refractivity contribution in [3.63, 3.8) is 0 Å². The number of phenolic OH excluding ortho intramolecular Hbond substituents is 2. The molecule has 176 valence electrons. The first-order chi connectivity index (χ1) is 13.4. The van der Waals surface area contributed by atoms with Crippen LogP contribution in [0.15, 0.2) is 48.5 Å². The highest BCUT2D eigenvalue weighted by Gasteiger charge is 2.30. The standard InChI is InChI=1S/2C14H22O.H2S/c2*1-13(2,3)10-14(4,5)11-8-6-7-9-12(11)15;/h2*6-9,15H,10H2,1-5H3;1H2. The molecule has 3 heteroatoms. The molecule has 2 nitrogen and oxygen atoms in total. The van der Waals surface area contributed by atoms with E-state index in [2.05, 4.69) is 69.2 Å². The summed E-state index contributed by atoms with van der Waals surface area (Å²) in [5, 5.41) is 19.7. The summed E-state index contributed by atoms with van der Waals surface area (Å²) in [5.74, 6) is 0.818. The van der Waals surface area contributed by atoms with Crippen LogP contribution in [0.1, 0.15) is 93.2 Å². The Kier molecular flexibility index (Phi) is 10.2. The van der Waals surface area contributed by atoms with Gasteiger partial charge in [0, 0.05) is 0 Å². The molecule has 2 aromatic rings. The largest absolute Gasteiger partial charge is 0.508 e. The maximum Gasteiger partial charge on any atom is 0.119 e. The van der Waals surface area contributed by atoms with E-state index in [1.807, 2.05) is 36.4 Å². The molecular weight excluding hydrogens is 400 g/mol. The van der Waals surface area contributed by atoms with Crippen LogP contribution in [-0.4, -0.2) is 10.2 Å². The molecule has 0 saturated carbocycles. The topological polar surface area (TPSA) is 40.5 Å². The van der Waals surface area contributed by atoms with Gasteiger partial charge in [-0.2, -0.15) is 13.5 Å². The summed E-state index contributed by atoms with van der Waals surface area (Å²) < 4.78 is 0. The number of aromatic hydroxyl groups is 2. The van der Waals surface area contributed by atoms with Crippen molar-refractivity contribution in [3.8, 4) is 11.5 Å². The molecule has 0 radical (unpaired) electrons. The van der Waals surface area contributed by atoms with Gasteiger partial charge in [-0.15, -0.1) is 0 Å². The third-order valence-corrected chi connectivity index (χ3v) is 5.21. The molecule has 0 heterocycles. The highest BCUT2D eigenvalue weighted by molar-refractivity contribution is 7.59. The number of para-hydroxylation sites is 2. The van der Waals surface area contributed by atoms with Gasteiger partial charge in [0.25, 0.3) is 0 Å². The lowest BCUT2D eigenvalue weighted by molar-refractivity contribution is 0.278. The second-order valence-electron chi connectivity index (χ2n) is 12.3. The fourth-order valence-electron chi connectivity index (χ4n) is 4.93. The van der Waals surface area contributed by atoms with Gasteiger partial charge in [0.1, 0.15) is 11.5 Å². The second kappa shape index (κ2) is 10.8. The van der Waals surface area contributed by atoms with E-state index < -0.39 is 0 Å². The van der Waals surface area contributed by atoms with Gasteiger partial charge in [-0.05, 0) is 57.8 Å². The highest BCUT2D eigenvalue weighted by Crippen LogP contribution is 2.40. The maximum absolute atomic E-state index is 9.84. The first-order valence-electron chi connectivity index (χ1n) is 11.0. The minimum atomic E-state index is 0. The van der Waals surface area contributed by atoms with E-state index >= 15 is 0 Å². The van der Waals surface area contributed by atoms with Crippen LogP contribution in [0.5, 0.6) is 11.5 Å². The number of rotatable bonds is 4. The molecule has 0 bridgehead atoms. The number of phenols is 2. The summed E-state index contributed by atoms with van der Waals surface area (Å²) in [4.78, 5) is 0. The van der Waals surface area contributed by atoms with Gasteiger partial charge in [-0.25, -0.2) is 0 Å². The van der Waals surface area contributed by atoms with E-state index in [1.54, 1.807) is 12.1 Å². The van der Waals surface area contributed by atoms with Gasteiger partial charge in [-0.3, -0.25) is 0 Å². The van der Waals surface area contributed by atoms with Crippen LogP contribution in [0, 0.1) is 10.8 Å². The van der Waals surface area contributed by atoms with Crippen LogP contribution in [0.4, 0.5) is 0 Å². The van der Waals surface area contributed by atoms with Gasteiger partial charge >= 0.3 is 0 Å². The lowest BCUT2D eigenvalue weighted by Crippen LogP contribution is -2.24. The zero-order chi connectivity index (χ0) is 23.4. The van der Waals surface area contributed by atoms with Crippen molar-refractivity contribution in [2.45, 2.75) is 92.9 Å². The fourth-order valence-corrected chi connectivity index (χ4v) is 4.93. The first kappa shape index (κ1) is 29.4. The molecule has 0 saturated heterocycles. The van der Waals surface area contributed by atoms with Gasteiger partial charge in [-0.1, -0.05) is 106 Å². The lowest BCUT2D eigenvalue weighted by atomic mass is 9.72. The van der Waals surface area contributed by atoms with E-state index in [0.717, 1.165) is 24.0 Å². The van der Waals surface area contributed by atoms with Crippen molar-refractivity contribution >= 4 is 13.5 Å². The van der Waals surface area contributed by atoms with Crippen LogP contribution < -0.4 is 0 Å². The van der Waals surface area contributed by atoms with Crippen LogP contribution in [0.3, 0.4) is 0 Å². The molecule has 0 spiro atoms. The van der Waals surface area contributed by atoms with Crippen molar-refractivity contribution in [2.24, 2.45) is 10.8 Å². The predicted molar refractivity (Wildman–Crippen MR) is 141 cm³/mol. The van der Waals surface area contributed by atoms with Crippen LogP contribution in [0.2, 0.25) is 0 Å². The Balaban J connectivity index is 0.000000562. The Bertz CT molecular complexity index is 739. The normalized spacial score (nSPS) is 12.5. The van der Waals surface area contributed by atoms with Gasteiger partial charge in [0.15, 0.2) is 0 Å². The Morgan fingerprint density at radius 1 is 0.516 bits per heavy atom. The van der Waals surface area contributed by atoms with Gasteiger partial charge < -0.3 is 10.2 Å². The molecule has 0 aliphatic carbocycles. The molecule has 0 aromatic heterocycles.